The van der Waals surface area contributed by atoms with Crippen LogP contribution in [0.5, 0.6) is 11.5 Å². The highest BCUT2D eigenvalue weighted by Gasteiger charge is 2.29. The van der Waals surface area contributed by atoms with Crippen LogP contribution in [0.15, 0.2) is 36.4 Å². The predicted octanol–water partition coefficient (Wildman–Crippen LogP) is 4.42. The summed E-state index contributed by atoms with van der Waals surface area (Å²) in [7, 11) is 1.48. The van der Waals surface area contributed by atoms with E-state index >= 15 is 0 Å². The maximum Gasteiger partial charge on any atom is 0.303 e. The first-order valence-electron chi connectivity index (χ1n) is 11.4. The molecule has 0 spiro atoms. The van der Waals surface area contributed by atoms with E-state index in [0.717, 1.165) is 23.2 Å². The monoisotopic (exact) mass is 472 g/mol. The Labute approximate surface area is 201 Å². The largest absolute Gasteiger partial charge is 0.504 e. The number of aliphatic carboxylic acids is 1. The number of H-pyrrole nitrogens is 1. The van der Waals surface area contributed by atoms with Gasteiger partial charge < -0.3 is 25.3 Å². The van der Waals surface area contributed by atoms with Gasteiger partial charge in [0.05, 0.1) is 12.7 Å². The van der Waals surface area contributed by atoms with Crippen LogP contribution in [0.2, 0.25) is 0 Å². The average molecular weight is 472 g/mol. The van der Waals surface area contributed by atoms with Gasteiger partial charge in [-0.05, 0) is 60.2 Å². The number of aromatic nitrogens is 1. The highest BCUT2D eigenvalue weighted by Crippen LogP contribution is 2.39. The molecule has 178 valence electrons. The number of hydrogen-bond donors (Lipinski definition) is 4. The summed E-state index contributed by atoms with van der Waals surface area (Å²) in [6, 6.07) is 10.6. The van der Waals surface area contributed by atoms with Gasteiger partial charge in [0.2, 0.25) is 0 Å². The molecule has 8 nitrogen and oxygen atoms in total. The minimum atomic E-state index is -0.941. The second kappa shape index (κ2) is 8.79. The SMILES string of the molecule is COc1cc(-c2ccc3c(c2)NC(=O)/C3=C\c2[nH]c3c(c2CCC(=O)O)C(=O)CCC3)ccc1O. The first kappa shape index (κ1) is 22.5. The number of ether oxygens (including phenoxy) is 1. The van der Waals surface area contributed by atoms with Crippen LogP contribution >= 0.6 is 0 Å². The summed E-state index contributed by atoms with van der Waals surface area (Å²) in [5.74, 6) is -0.806. The summed E-state index contributed by atoms with van der Waals surface area (Å²) in [5.41, 5.74) is 6.12. The van der Waals surface area contributed by atoms with E-state index in [4.69, 9.17) is 4.74 Å². The number of phenols is 1. The minimum absolute atomic E-state index is 0.0118. The van der Waals surface area contributed by atoms with E-state index in [-0.39, 0.29) is 30.3 Å². The number of ketones is 1. The van der Waals surface area contributed by atoms with Crippen molar-refractivity contribution in [3.63, 3.8) is 0 Å². The second-order valence-electron chi connectivity index (χ2n) is 8.70. The smallest absolute Gasteiger partial charge is 0.303 e. The highest BCUT2D eigenvalue weighted by atomic mass is 16.5. The second-order valence-corrected chi connectivity index (χ2v) is 8.70. The Hall–Kier alpha value is -4.33. The zero-order valence-electron chi connectivity index (χ0n) is 19.1. The fraction of sp³-hybridized carbons (Fsp3) is 0.222. The number of carboxylic acids is 1. The van der Waals surface area contributed by atoms with Crippen LogP contribution in [0, 0.1) is 0 Å². The van der Waals surface area contributed by atoms with Crippen LogP contribution in [0.1, 0.15) is 52.1 Å². The quantitative estimate of drug-likeness (QED) is 0.393. The number of anilines is 1. The molecule has 0 radical (unpaired) electrons. The lowest BCUT2D eigenvalue weighted by Crippen LogP contribution is -2.11. The van der Waals surface area contributed by atoms with Crippen molar-refractivity contribution in [2.75, 3.05) is 12.4 Å². The lowest BCUT2D eigenvalue weighted by molar-refractivity contribution is -0.137. The van der Waals surface area contributed by atoms with Crippen molar-refractivity contribution in [2.24, 2.45) is 0 Å². The molecule has 8 heteroatoms. The highest BCUT2D eigenvalue weighted by molar-refractivity contribution is 6.35. The normalized spacial score (nSPS) is 15.6. The van der Waals surface area contributed by atoms with Gasteiger partial charge in [-0.3, -0.25) is 14.4 Å². The van der Waals surface area contributed by atoms with Crippen molar-refractivity contribution in [3.8, 4) is 22.6 Å². The van der Waals surface area contributed by atoms with E-state index in [9.17, 15) is 24.6 Å². The van der Waals surface area contributed by atoms with Gasteiger partial charge in [0, 0.05) is 41.0 Å². The third-order valence-electron chi connectivity index (χ3n) is 6.52. The van der Waals surface area contributed by atoms with Crippen LogP contribution in [0.3, 0.4) is 0 Å². The van der Waals surface area contributed by atoms with E-state index in [0.29, 0.717) is 52.2 Å². The van der Waals surface area contributed by atoms with E-state index in [1.807, 2.05) is 18.2 Å². The molecule has 0 saturated carbocycles. The number of nitrogens with one attached hydrogen (secondary N) is 2. The third-order valence-corrected chi connectivity index (χ3v) is 6.52. The molecule has 0 fully saturated rings. The van der Waals surface area contributed by atoms with E-state index in [2.05, 4.69) is 10.3 Å². The van der Waals surface area contributed by atoms with Gasteiger partial charge in [0.15, 0.2) is 17.3 Å². The van der Waals surface area contributed by atoms with Gasteiger partial charge in [-0.1, -0.05) is 18.2 Å². The molecular weight excluding hydrogens is 448 g/mol. The molecule has 1 amide bonds. The number of aromatic hydroxyl groups is 1. The van der Waals surface area contributed by atoms with Gasteiger partial charge in [-0.25, -0.2) is 0 Å². The molecule has 2 aliphatic rings. The molecule has 1 aliphatic heterocycles. The number of carbonyl (C=O) groups is 3. The van der Waals surface area contributed by atoms with Crippen LogP contribution in [-0.4, -0.2) is 40.0 Å². The number of carboxylic acid groups (broad SMARTS) is 1. The molecule has 0 unspecified atom stereocenters. The first-order valence-corrected chi connectivity index (χ1v) is 11.4. The maximum atomic E-state index is 12.9. The fourth-order valence-electron chi connectivity index (χ4n) is 4.83. The van der Waals surface area contributed by atoms with E-state index in [1.165, 1.54) is 7.11 Å². The Morgan fingerprint density at radius 1 is 1.11 bits per heavy atom. The Balaban J connectivity index is 1.55. The summed E-state index contributed by atoms with van der Waals surface area (Å²) in [4.78, 5) is 40.0. The number of rotatable bonds is 6. The lowest BCUT2D eigenvalue weighted by atomic mass is 9.91. The molecule has 1 aliphatic carbocycles. The molecule has 0 bridgehead atoms. The number of phenolic OH excluding ortho intramolecular Hbond substituents is 1. The van der Waals surface area contributed by atoms with Crippen molar-refractivity contribution >= 4 is 35.0 Å². The van der Waals surface area contributed by atoms with Crippen molar-refractivity contribution in [1.82, 2.24) is 4.98 Å². The summed E-state index contributed by atoms with van der Waals surface area (Å²) in [6.45, 7) is 0. The lowest BCUT2D eigenvalue weighted by Gasteiger charge is -2.11. The molecule has 3 aromatic rings. The number of benzene rings is 2. The van der Waals surface area contributed by atoms with Gasteiger partial charge in [0.1, 0.15) is 0 Å². The molecule has 0 saturated heterocycles. The standard InChI is InChI=1S/C27H24N2O6/c1-35-24-12-15(6-9-22(24)30)14-5-7-16-18(27(34)29-20(16)11-14)13-21-17(8-10-25(32)33)26-19(28-21)3-2-4-23(26)31/h5-7,9,11-13,28,30H,2-4,8,10H2,1H3,(H,29,34)(H,32,33)/b18-13-. The van der Waals surface area contributed by atoms with Crippen molar-refractivity contribution < 1.29 is 29.3 Å². The van der Waals surface area contributed by atoms with Crippen LogP contribution in [0.4, 0.5) is 5.69 Å². The number of methoxy groups -OCH3 is 1. The Morgan fingerprint density at radius 3 is 2.66 bits per heavy atom. The molecule has 35 heavy (non-hydrogen) atoms. The molecule has 2 heterocycles. The third kappa shape index (κ3) is 4.07. The molecule has 0 atom stereocenters. The number of hydrogen-bond acceptors (Lipinski definition) is 5. The summed E-state index contributed by atoms with van der Waals surface area (Å²) in [6.07, 6.45) is 3.72. The number of Topliss-reactive ketones (excluding diaryl/α,β-unsaturated/α-hetero) is 1. The van der Waals surface area contributed by atoms with E-state index < -0.39 is 5.97 Å². The molecule has 4 N–H and O–H groups in total. The number of carbonyl (C=O) groups excluding carboxylic acids is 2. The molecule has 2 aromatic carbocycles. The Morgan fingerprint density at radius 2 is 1.89 bits per heavy atom. The van der Waals surface area contributed by atoms with Crippen LogP contribution in [-0.2, 0) is 22.4 Å². The number of amides is 1. The molecule has 5 rings (SSSR count). The number of aromatic amines is 1. The van der Waals surface area contributed by atoms with Crippen molar-refractivity contribution in [1.29, 1.82) is 0 Å². The average Bonchev–Trinajstić information content (AvgIpc) is 3.35. The van der Waals surface area contributed by atoms with Gasteiger partial charge in [-0.15, -0.1) is 0 Å². The Kier molecular flexibility index (Phi) is 5.64. The first-order chi connectivity index (χ1) is 16.9. The number of fused-ring (bicyclic) bond motifs is 2. The van der Waals surface area contributed by atoms with Gasteiger partial charge in [-0.2, -0.15) is 0 Å². The van der Waals surface area contributed by atoms with Crippen LogP contribution < -0.4 is 10.1 Å². The minimum Gasteiger partial charge on any atom is -0.504 e. The maximum absolute atomic E-state index is 12.9. The summed E-state index contributed by atoms with van der Waals surface area (Å²) in [5, 5.41) is 22.0. The predicted molar refractivity (Wildman–Crippen MR) is 131 cm³/mol. The van der Waals surface area contributed by atoms with Crippen molar-refractivity contribution in [2.45, 2.75) is 32.1 Å². The zero-order chi connectivity index (χ0) is 24.7. The van der Waals surface area contributed by atoms with E-state index in [1.54, 1.807) is 24.3 Å². The zero-order valence-corrected chi connectivity index (χ0v) is 19.1. The topological polar surface area (TPSA) is 129 Å². The summed E-state index contributed by atoms with van der Waals surface area (Å²) >= 11 is 0. The fourth-order valence-corrected chi connectivity index (χ4v) is 4.83. The van der Waals surface area contributed by atoms with Crippen LogP contribution in [0.25, 0.3) is 22.8 Å². The van der Waals surface area contributed by atoms with Crippen molar-refractivity contribution in [3.05, 3.63) is 64.5 Å². The summed E-state index contributed by atoms with van der Waals surface area (Å²) < 4.78 is 5.20. The Bertz CT molecular complexity index is 1420. The van der Waals surface area contributed by atoms with Gasteiger partial charge >= 0.3 is 5.97 Å². The van der Waals surface area contributed by atoms with Gasteiger partial charge in [0.25, 0.3) is 5.91 Å². The molecule has 1 aromatic heterocycles. The molecular formula is C27H24N2O6. The number of aryl methyl sites for hydroxylation is 1.